The Morgan fingerprint density at radius 3 is 1.76 bits per heavy atom. The first kappa shape index (κ1) is 18.5. The minimum absolute atomic E-state index is 1.16. The molecule has 0 N–H and O–H groups in total. The van der Waals surface area contributed by atoms with Crippen molar-refractivity contribution in [1.29, 1.82) is 0 Å². The standard InChI is InChI=1S/C9H9NS.3C2H6/c1-6-3-4-7(2)9-8(6)10-5-11-9;3*1-2/h3-5H,1-2H3;3*1-2H3. The summed E-state index contributed by atoms with van der Waals surface area (Å²) in [6.07, 6.45) is 0. The fraction of sp³-hybridized carbons (Fsp3) is 0.533. The Morgan fingerprint density at radius 2 is 1.29 bits per heavy atom. The summed E-state index contributed by atoms with van der Waals surface area (Å²) in [6.45, 7) is 16.2. The van der Waals surface area contributed by atoms with Crippen molar-refractivity contribution >= 4 is 21.6 Å². The molecular formula is C15H27NS. The van der Waals surface area contributed by atoms with Crippen LogP contribution in [0.4, 0.5) is 0 Å². The summed E-state index contributed by atoms with van der Waals surface area (Å²) in [5.74, 6) is 0. The summed E-state index contributed by atoms with van der Waals surface area (Å²) in [7, 11) is 0. The Balaban J connectivity index is 0. The molecule has 1 nitrogen and oxygen atoms in total. The molecule has 0 fully saturated rings. The van der Waals surface area contributed by atoms with Crippen molar-refractivity contribution in [1.82, 2.24) is 4.98 Å². The average Bonchev–Trinajstić information content (AvgIpc) is 2.92. The van der Waals surface area contributed by atoms with Gasteiger partial charge in [0.25, 0.3) is 0 Å². The van der Waals surface area contributed by atoms with E-state index in [-0.39, 0.29) is 0 Å². The van der Waals surface area contributed by atoms with Crippen LogP contribution >= 0.6 is 11.3 Å². The SMILES string of the molecule is CC.CC.CC.Cc1ccc(C)c2scnc12. The van der Waals surface area contributed by atoms with Crippen molar-refractivity contribution in [2.24, 2.45) is 0 Å². The number of hydrogen-bond acceptors (Lipinski definition) is 2. The van der Waals surface area contributed by atoms with Crippen LogP contribution in [-0.2, 0) is 0 Å². The van der Waals surface area contributed by atoms with Gasteiger partial charge in [0.15, 0.2) is 0 Å². The van der Waals surface area contributed by atoms with Crippen molar-refractivity contribution in [2.45, 2.75) is 55.4 Å². The Morgan fingerprint density at radius 1 is 0.824 bits per heavy atom. The Hall–Kier alpha value is -0.890. The molecule has 1 aromatic heterocycles. The molecule has 2 heteroatoms. The molecule has 0 unspecified atom stereocenters. The smallest absolute Gasteiger partial charge is 0.0843 e. The van der Waals surface area contributed by atoms with Gasteiger partial charge in [-0.05, 0) is 25.0 Å². The lowest BCUT2D eigenvalue weighted by Crippen LogP contribution is -1.77. The summed E-state index contributed by atoms with van der Waals surface area (Å²) in [4.78, 5) is 4.30. The topological polar surface area (TPSA) is 12.9 Å². The number of rotatable bonds is 0. The second-order valence-electron chi connectivity index (χ2n) is 2.73. The van der Waals surface area contributed by atoms with Crippen LogP contribution in [0.15, 0.2) is 17.6 Å². The molecule has 0 aliphatic heterocycles. The molecule has 98 valence electrons. The molecule has 0 amide bonds. The van der Waals surface area contributed by atoms with E-state index in [4.69, 9.17) is 0 Å². The zero-order valence-corrected chi connectivity index (χ0v) is 13.4. The van der Waals surface area contributed by atoms with Crippen LogP contribution in [0.2, 0.25) is 0 Å². The highest BCUT2D eigenvalue weighted by Crippen LogP contribution is 2.24. The van der Waals surface area contributed by atoms with Gasteiger partial charge in [-0.25, -0.2) is 4.98 Å². The van der Waals surface area contributed by atoms with Gasteiger partial charge in [0.05, 0.1) is 15.7 Å². The molecule has 17 heavy (non-hydrogen) atoms. The molecule has 0 atom stereocenters. The van der Waals surface area contributed by atoms with Crippen LogP contribution in [0.5, 0.6) is 0 Å². The van der Waals surface area contributed by atoms with E-state index in [9.17, 15) is 0 Å². The van der Waals surface area contributed by atoms with Crippen molar-refractivity contribution in [2.75, 3.05) is 0 Å². The maximum Gasteiger partial charge on any atom is 0.0843 e. The molecule has 2 aromatic rings. The summed E-state index contributed by atoms with van der Waals surface area (Å²) >= 11 is 1.72. The van der Waals surface area contributed by atoms with Crippen molar-refractivity contribution < 1.29 is 0 Å². The number of hydrogen-bond donors (Lipinski definition) is 0. The Bertz CT molecular complexity index is 355. The van der Waals surface area contributed by atoms with Crippen molar-refractivity contribution in [3.8, 4) is 0 Å². The van der Waals surface area contributed by atoms with E-state index in [1.807, 2.05) is 47.1 Å². The van der Waals surface area contributed by atoms with Crippen LogP contribution in [0.3, 0.4) is 0 Å². The quantitative estimate of drug-likeness (QED) is 0.562. The van der Waals surface area contributed by atoms with Gasteiger partial charge >= 0.3 is 0 Å². The number of benzene rings is 1. The highest BCUT2D eigenvalue weighted by Gasteiger charge is 2.01. The van der Waals surface area contributed by atoms with E-state index in [0.717, 1.165) is 5.52 Å². The second kappa shape index (κ2) is 11.6. The van der Waals surface area contributed by atoms with Gasteiger partial charge in [0.1, 0.15) is 0 Å². The molecule has 0 spiro atoms. The van der Waals surface area contributed by atoms with Gasteiger partial charge in [-0.15, -0.1) is 11.3 Å². The van der Waals surface area contributed by atoms with E-state index < -0.39 is 0 Å². The predicted molar refractivity (Wildman–Crippen MR) is 83.1 cm³/mol. The largest absolute Gasteiger partial charge is 0.244 e. The highest BCUT2D eigenvalue weighted by molar-refractivity contribution is 7.17. The average molecular weight is 253 g/mol. The molecular weight excluding hydrogens is 226 g/mol. The first-order chi connectivity index (χ1) is 8.29. The van der Waals surface area contributed by atoms with Gasteiger partial charge < -0.3 is 0 Å². The fourth-order valence-corrected chi connectivity index (χ4v) is 2.05. The maximum atomic E-state index is 4.30. The summed E-state index contributed by atoms with van der Waals surface area (Å²) in [6, 6.07) is 4.27. The van der Waals surface area contributed by atoms with Crippen molar-refractivity contribution in [3.05, 3.63) is 28.8 Å². The second-order valence-corrected chi connectivity index (χ2v) is 3.58. The zero-order valence-electron chi connectivity index (χ0n) is 12.6. The first-order valence-corrected chi connectivity index (χ1v) is 7.46. The maximum absolute atomic E-state index is 4.30. The van der Waals surface area contributed by atoms with Crippen molar-refractivity contribution in [3.63, 3.8) is 0 Å². The molecule has 0 saturated heterocycles. The number of nitrogens with zero attached hydrogens (tertiary/aromatic N) is 1. The van der Waals surface area contributed by atoms with E-state index in [1.165, 1.54) is 15.8 Å². The third-order valence-corrected chi connectivity index (χ3v) is 2.84. The monoisotopic (exact) mass is 253 g/mol. The van der Waals surface area contributed by atoms with Gasteiger partial charge in [-0.3, -0.25) is 0 Å². The Kier molecular flexibility index (Phi) is 12.6. The molecule has 0 radical (unpaired) electrons. The number of aryl methyl sites for hydroxylation is 2. The van der Waals surface area contributed by atoms with E-state index in [1.54, 1.807) is 11.3 Å². The number of aromatic nitrogens is 1. The van der Waals surface area contributed by atoms with E-state index in [2.05, 4.69) is 31.0 Å². The fourth-order valence-electron chi connectivity index (χ4n) is 1.21. The lowest BCUT2D eigenvalue weighted by molar-refractivity contribution is 1.40. The normalized spacial score (nSPS) is 8.00. The lowest BCUT2D eigenvalue weighted by Gasteiger charge is -1.96. The van der Waals surface area contributed by atoms with Gasteiger partial charge in [-0.2, -0.15) is 0 Å². The molecule has 0 aliphatic rings. The van der Waals surface area contributed by atoms with E-state index in [0.29, 0.717) is 0 Å². The molecule has 0 saturated carbocycles. The minimum Gasteiger partial charge on any atom is -0.244 e. The van der Waals surface area contributed by atoms with Crippen LogP contribution in [0.25, 0.3) is 10.2 Å². The molecule has 0 bridgehead atoms. The van der Waals surface area contributed by atoms with Gasteiger partial charge in [0.2, 0.25) is 0 Å². The first-order valence-electron chi connectivity index (χ1n) is 6.58. The summed E-state index contributed by atoms with van der Waals surface area (Å²) in [5, 5.41) is 0. The molecule has 1 heterocycles. The van der Waals surface area contributed by atoms with Gasteiger partial charge in [-0.1, -0.05) is 53.7 Å². The molecule has 2 rings (SSSR count). The third-order valence-electron chi connectivity index (χ3n) is 1.88. The van der Waals surface area contributed by atoms with Crippen LogP contribution in [0, 0.1) is 13.8 Å². The molecule has 0 aliphatic carbocycles. The lowest BCUT2D eigenvalue weighted by atomic mass is 10.1. The third kappa shape index (κ3) is 5.31. The minimum atomic E-state index is 1.16. The molecule has 1 aromatic carbocycles. The van der Waals surface area contributed by atoms with Gasteiger partial charge in [0, 0.05) is 0 Å². The Labute approximate surface area is 111 Å². The number of thiazole rings is 1. The summed E-state index contributed by atoms with van der Waals surface area (Å²) in [5.41, 5.74) is 5.67. The zero-order chi connectivity index (χ0) is 13.8. The number of fused-ring (bicyclic) bond motifs is 1. The summed E-state index contributed by atoms with van der Waals surface area (Å²) < 4.78 is 1.32. The van der Waals surface area contributed by atoms with Crippen LogP contribution in [0.1, 0.15) is 52.7 Å². The van der Waals surface area contributed by atoms with Crippen LogP contribution < -0.4 is 0 Å². The highest BCUT2D eigenvalue weighted by atomic mass is 32.1. The van der Waals surface area contributed by atoms with E-state index >= 15 is 0 Å². The predicted octanol–water partition coefficient (Wildman–Crippen LogP) is 5.99. The van der Waals surface area contributed by atoms with Crippen LogP contribution in [-0.4, -0.2) is 4.98 Å².